The van der Waals surface area contributed by atoms with Crippen molar-refractivity contribution >= 4 is 17.0 Å². The molecule has 0 N–H and O–H groups in total. The Labute approximate surface area is 158 Å². The molecular formula is C19H25N7O. The summed E-state index contributed by atoms with van der Waals surface area (Å²) in [6.45, 7) is 6.68. The maximum Gasteiger partial charge on any atom is 0.233 e. The number of piperidine rings is 1. The van der Waals surface area contributed by atoms with Gasteiger partial charge in [-0.25, -0.2) is 15.0 Å². The van der Waals surface area contributed by atoms with Crippen LogP contribution in [0.15, 0.2) is 18.7 Å². The van der Waals surface area contributed by atoms with Crippen molar-refractivity contribution in [3.63, 3.8) is 0 Å². The highest BCUT2D eigenvalue weighted by Gasteiger charge is 2.23. The molecule has 3 aromatic heterocycles. The summed E-state index contributed by atoms with van der Waals surface area (Å²) in [6.07, 6.45) is 6.45. The summed E-state index contributed by atoms with van der Waals surface area (Å²) in [5.41, 5.74) is 3.91. The topological polar surface area (TPSA) is 81.9 Å². The molecule has 3 aromatic rings. The van der Waals surface area contributed by atoms with E-state index in [1.54, 1.807) is 12.7 Å². The van der Waals surface area contributed by atoms with E-state index in [4.69, 9.17) is 4.74 Å². The second kappa shape index (κ2) is 7.46. The van der Waals surface area contributed by atoms with Gasteiger partial charge in [-0.05, 0) is 37.7 Å². The lowest BCUT2D eigenvalue weighted by molar-refractivity contribution is 0.214. The van der Waals surface area contributed by atoms with Crippen molar-refractivity contribution in [1.29, 1.82) is 0 Å². The van der Waals surface area contributed by atoms with Crippen molar-refractivity contribution in [1.82, 2.24) is 29.7 Å². The molecule has 1 aliphatic heterocycles. The van der Waals surface area contributed by atoms with Gasteiger partial charge >= 0.3 is 0 Å². The molecular weight excluding hydrogens is 342 g/mol. The second-order valence-corrected chi connectivity index (χ2v) is 7.11. The Balaban J connectivity index is 1.37. The fourth-order valence-electron chi connectivity index (χ4n) is 3.61. The highest BCUT2D eigenvalue weighted by atomic mass is 16.5. The minimum atomic E-state index is 0.512. The number of fused-ring (bicyclic) bond motifs is 1. The molecule has 0 radical (unpaired) electrons. The van der Waals surface area contributed by atoms with Crippen molar-refractivity contribution < 1.29 is 4.74 Å². The number of nitrogens with zero attached hydrogens (tertiary/aromatic N) is 7. The molecule has 27 heavy (non-hydrogen) atoms. The van der Waals surface area contributed by atoms with E-state index in [1.165, 1.54) is 5.56 Å². The van der Waals surface area contributed by atoms with E-state index in [0.29, 0.717) is 18.4 Å². The molecule has 142 valence electrons. The summed E-state index contributed by atoms with van der Waals surface area (Å²) in [5, 5.41) is 8.35. The zero-order valence-corrected chi connectivity index (χ0v) is 16.1. The quantitative estimate of drug-likeness (QED) is 0.684. The third-order valence-corrected chi connectivity index (χ3v) is 5.31. The number of rotatable bonds is 5. The lowest BCUT2D eigenvalue weighted by Gasteiger charge is -2.32. The van der Waals surface area contributed by atoms with Crippen molar-refractivity contribution in [2.45, 2.75) is 33.1 Å². The molecule has 1 aliphatic rings. The third kappa shape index (κ3) is 3.56. The number of ether oxygens (including phenoxy) is 1. The van der Waals surface area contributed by atoms with Crippen LogP contribution >= 0.6 is 0 Å². The number of aryl methyl sites for hydroxylation is 3. The van der Waals surface area contributed by atoms with Gasteiger partial charge in [-0.1, -0.05) is 6.92 Å². The minimum Gasteiger partial charge on any atom is -0.476 e. The first-order chi connectivity index (χ1) is 13.2. The molecule has 8 heteroatoms. The van der Waals surface area contributed by atoms with Gasteiger partial charge < -0.3 is 14.2 Å². The minimum absolute atomic E-state index is 0.512. The highest BCUT2D eigenvalue weighted by molar-refractivity contribution is 5.83. The molecule has 1 saturated heterocycles. The number of hydrogen-bond donors (Lipinski definition) is 0. The molecule has 0 unspecified atom stereocenters. The molecule has 0 aromatic carbocycles. The van der Waals surface area contributed by atoms with Crippen molar-refractivity contribution in [2.75, 3.05) is 24.6 Å². The second-order valence-electron chi connectivity index (χ2n) is 7.11. The Kier molecular flexibility index (Phi) is 4.87. The summed E-state index contributed by atoms with van der Waals surface area (Å²) in [5.74, 6) is 2.11. The van der Waals surface area contributed by atoms with Crippen LogP contribution in [0.3, 0.4) is 0 Å². The molecule has 0 saturated carbocycles. The first-order valence-electron chi connectivity index (χ1n) is 9.48. The van der Waals surface area contributed by atoms with Crippen molar-refractivity contribution in [3.05, 3.63) is 30.0 Å². The molecule has 4 rings (SSSR count). The molecule has 0 amide bonds. The van der Waals surface area contributed by atoms with Crippen molar-refractivity contribution in [2.24, 2.45) is 13.0 Å². The summed E-state index contributed by atoms with van der Waals surface area (Å²) in [4.78, 5) is 15.4. The number of aromatic nitrogens is 6. The fraction of sp³-hybridized carbons (Fsp3) is 0.526. The van der Waals surface area contributed by atoms with Gasteiger partial charge in [0.1, 0.15) is 11.8 Å². The normalized spacial score (nSPS) is 15.4. The van der Waals surface area contributed by atoms with Gasteiger partial charge in [0.2, 0.25) is 5.88 Å². The predicted molar refractivity (Wildman–Crippen MR) is 103 cm³/mol. The molecule has 0 bridgehead atoms. The molecule has 0 atom stereocenters. The van der Waals surface area contributed by atoms with Crippen LogP contribution in [-0.4, -0.2) is 49.4 Å². The summed E-state index contributed by atoms with van der Waals surface area (Å²) < 4.78 is 7.92. The summed E-state index contributed by atoms with van der Waals surface area (Å²) in [6, 6.07) is 2.01. The van der Waals surface area contributed by atoms with Crippen LogP contribution in [0.4, 0.5) is 5.82 Å². The van der Waals surface area contributed by atoms with E-state index < -0.39 is 0 Å². The van der Waals surface area contributed by atoms with Gasteiger partial charge in [-0.2, -0.15) is 5.10 Å². The fourth-order valence-corrected chi connectivity index (χ4v) is 3.61. The maximum absolute atomic E-state index is 5.93. The molecule has 8 nitrogen and oxygen atoms in total. The predicted octanol–water partition coefficient (Wildman–Crippen LogP) is 2.32. The zero-order chi connectivity index (χ0) is 18.8. The van der Waals surface area contributed by atoms with Crippen LogP contribution in [0.25, 0.3) is 11.2 Å². The Morgan fingerprint density at radius 3 is 2.74 bits per heavy atom. The molecule has 0 spiro atoms. The molecule has 1 fully saturated rings. The Morgan fingerprint density at radius 1 is 1.15 bits per heavy atom. The average Bonchev–Trinajstić information content (AvgIpc) is 3.09. The first kappa shape index (κ1) is 17.6. The smallest absolute Gasteiger partial charge is 0.233 e. The Hall–Kier alpha value is -2.77. The van der Waals surface area contributed by atoms with Gasteiger partial charge in [0.05, 0.1) is 18.6 Å². The van der Waals surface area contributed by atoms with Gasteiger partial charge in [-0.15, -0.1) is 5.10 Å². The highest BCUT2D eigenvalue weighted by Crippen LogP contribution is 2.27. The Bertz CT molecular complexity index is 931. The van der Waals surface area contributed by atoms with Gasteiger partial charge in [0.25, 0.3) is 0 Å². The largest absolute Gasteiger partial charge is 0.476 e. The van der Waals surface area contributed by atoms with E-state index in [-0.39, 0.29) is 0 Å². The van der Waals surface area contributed by atoms with Gasteiger partial charge in [0, 0.05) is 26.2 Å². The van der Waals surface area contributed by atoms with Crippen LogP contribution in [0.5, 0.6) is 5.88 Å². The van der Waals surface area contributed by atoms with E-state index in [9.17, 15) is 0 Å². The third-order valence-electron chi connectivity index (χ3n) is 5.31. The van der Waals surface area contributed by atoms with Gasteiger partial charge in [-0.3, -0.25) is 0 Å². The summed E-state index contributed by atoms with van der Waals surface area (Å²) >= 11 is 0. The van der Waals surface area contributed by atoms with Gasteiger partial charge in [0.15, 0.2) is 11.5 Å². The lowest BCUT2D eigenvalue weighted by Crippen LogP contribution is -2.36. The molecule has 0 aliphatic carbocycles. The van der Waals surface area contributed by atoms with Crippen LogP contribution < -0.4 is 9.64 Å². The van der Waals surface area contributed by atoms with Crippen LogP contribution in [0, 0.1) is 12.8 Å². The van der Waals surface area contributed by atoms with Crippen LogP contribution in [0.2, 0.25) is 0 Å². The van der Waals surface area contributed by atoms with E-state index in [2.05, 4.69) is 37.0 Å². The molecule has 4 heterocycles. The maximum atomic E-state index is 5.93. The standard InChI is InChI=1S/C19H25N7O/c1-4-15-9-16(24-23-13(15)2)27-10-14-5-7-26(8-6-14)19-17-18(20-11-21-19)22-12-25(17)3/h9,11-12,14H,4-8,10H2,1-3H3. The average molecular weight is 367 g/mol. The Morgan fingerprint density at radius 2 is 1.96 bits per heavy atom. The van der Waals surface area contributed by atoms with E-state index in [1.807, 2.05) is 24.6 Å². The van der Waals surface area contributed by atoms with Crippen LogP contribution in [0.1, 0.15) is 31.0 Å². The lowest BCUT2D eigenvalue weighted by atomic mass is 9.98. The zero-order valence-electron chi connectivity index (χ0n) is 16.1. The number of hydrogen-bond acceptors (Lipinski definition) is 7. The monoisotopic (exact) mass is 367 g/mol. The SMILES string of the molecule is CCc1cc(OCC2CCN(c3ncnc4ncn(C)c34)CC2)nnc1C. The van der Waals surface area contributed by atoms with E-state index >= 15 is 0 Å². The summed E-state index contributed by atoms with van der Waals surface area (Å²) in [7, 11) is 1.98. The van der Waals surface area contributed by atoms with E-state index in [0.717, 1.165) is 55.0 Å². The first-order valence-corrected chi connectivity index (χ1v) is 9.48. The number of imidazole rings is 1. The number of anilines is 1. The van der Waals surface area contributed by atoms with Crippen LogP contribution in [-0.2, 0) is 13.5 Å². The van der Waals surface area contributed by atoms with Crippen molar-refractivity contribution in [3.8, 4) is 5.88 Å².